The quantitative estimate of drug-likeness (QED) is 0.0995. The van der Waals surface area contributed by atoms with Crippen LogP contribution in [0.3, 0.4) is 0 Å². The van der Waals surface area contributed by atoms with E-state index in [4.69, 9.17) is 4.74 Å². The van der Waals surface area contributed by atoms with Crippen LogP contribution in [0.2, 0.25) is 0 Å². The van der Waals surface area contributed by atoms with Crippen molar-refractivity contribution in [2.24, 2.45) is 0 Å². The smallest absolute Gasteiger partial charge is 0.193 e. The zero-order valence-corrected chi connectivity index (χ0v) is 28.8. The van der Waals surface area contributed by atoms with E-state index in [0.717, 1.165) is 30.0 Å². The number of nitrogens with one attached hydrogen (secondary N) is 1. The Morgan fingerprint density at radius 1 is 0.755 bits per heavy atom. The molecule has 1 aliphatic rings. The van der Waals surface area contributed by atoms with E-state index in [2.05, 4.69) is 118 Å². The highest BCUT2D eigenvalue weighted by molar-refractivity contribution is 8.00. The minimum absolute atomic E-state index is 0.179. The van der Waals surface area contributed by atoms with Gasteiger partial charge in [0.2, 0.25) is 0 Å². The Morgan fingerprint density at radius 3 is 2.00 bits per heavy atom. The van der Waals surface area contributed by atoms with Crippen molar-refractivity contribution in [3.05, 3.63) is 174 Å². The van der Waals surface area contributed by atoms with E-state index in [1.54, 1.807) is 24.4 Å². The molecule has 49 heavy (non-hydrogen) atoms. The number of ether oxygens (including phenoxy) is 1. The molecule has 1 saturated heterocycles. The van der Waals surface area contributed by atoms with Crippen molar-refractivity contribution in [2.45, 2.75) is 22.1 Å². The zero-order valence-electron chi connectivity index (χ0n) is 27.2. The molecule has 1 atom stereocenters. The number of sulfone groups is 1. The molecule has 6 aromatic rings. The Morgan fingerprint density at radius 2 is 1.37 bits per heavy atom. The molecular formula is C41H39N3O3S2. The minimum atomic E-state index is -3.54. The summed E-state index contributed by atoms with van der Waals surface area (Å²) in [6.07, 6.45) is 2.57. The molecule has 1 aromatic heterocycles. The van der Waals surface area contributed by atoms with Crippen LogP contribution in [0.1, 0.15) is 22.3 Å². The fraction of sp³-hybridized carbons (Fsp3) is 0.195. The molecule has 0 radical (unpaired) electrons. The van der Waals surface area contributed by atoms with Crippen LogP contribution < -0.4 is 10.1 Å². The van der Waals surface area contributed by atoms with Crippen molar-refractivity contribution < 1.29 is 13.2 Å². The number of rotatable bonds is 13. The van der Waals surface area contributed by atoms with Gasteiger partial charge in [0.1, 0.15) is 18.2 Å². The zero-order chi connectivity index (χ0) is 33.5. The van der Waals surface area contributed by atoms with Crippen LogP contribution >= 0.6 is 11.8 Å². The van der Waals surface area contributed by atoms with Crippen molar-refractivity contribution in [3.8, 4) is 5.75 Å². The number of nitrogens with zero attached hydrogens (tertiary/aromatic N) is 2. The lowest BCUT2D eigenvalue weighted by molar-refractivity contribution is 0.202. The molecule has 5 aromatic carbocycles. The highest BCUT2D eigenvalue weighted by atomic mass is 32.2. The van der Waals surface area contributed by atoms with Gasteiger partial charge >= 0.3 is 0 Å². The molecule has 0 amide bonds. The van der Waals surface area contributed by atoms with Crippen LogP contribution in [0.25, 0.3) is 10.9 Å². The first-order valence-electron chi connectivity index (χ1n) is 16.6. The molecule has 2 heterocycles. The van der Waals surface area contributed by atoms with Crippen LogP contribution in [0, 0.1) is 0 Å². The number of fused-ring (bicyclic) bond motifs is 1. The lowest BCUT2D eigenvalue weighted by atomic mass is 9.75. The lowest BCUT2D eigenvalue weighted by Gasteiger charge is -2.43. The second kappa shape index (κ2) is 15.0. The topological polar surface area (TPSA) is 71.5 Å². The van der Waals surface area contributed by atoms with Gasteiger partial charge in [-0.1, -0.05) is 121 Å². The maximum atomic E-state index is 13.0. The molecule has 1 unspecified atom stereocenters. The molecule has 0 aliphatic carbocycles. The molecule has 0 bridgehead atoms. The molecule has 1 N–H and O–H groups in total. The Kier molecular flexibility index (Phi) is 10.1. The maximum Gasteiger partial charge on any atom is 0.193 e. The van der Waals surface area contributed by atoms with Gasteiger partial charge in [-0.3, -0.25) is 15.2 Å². The molecule has 8 heteroatoms. The SMILES string of the molecule is O=S(=O)(CNCCOc1ccc(CC2CN(C(c3ccccc3)(c3ccccc3)c3ccccc3)CS2)cc1)c1cccc2cccnc12. The summed E-state index contributed by atoms with van der Waals surface area (Å²) in [5, 5.41) is 4.26. The van der Waals surface area contributed by atoms with Crippen LogP contribution in [0.5, 0.6) is 5.75 Å². The molecule has 0 saturated carbocycles. The Bertz CT molecular complexity index is 1980. The summed E-state index contributed by atoms with van der Waals surface area (Å²) >= 11 is 2.01. The first-order chi connectivity index (χ1) is 24.0. The average Bonchev–Trinajstić information content (AvgIpc) is 3.62. The van der Waals surface area contributed by atoms with Crippen molar-refractivity contribution in [1.29, 1.82) is 0 Å². The number of pyridine rings is 1. The maximum absolute atomic E-state index is 13.0. The van der Waals surface area contributed by atoms with Gasteiger partial charge in [-0.15, -0.1) is 11.8 Å². The highest BCUT2D eigenvalue weighted by Crippen LogP contribution is 2.46. The summed E-state index contributed by atoms with van der Waals surface area (Å²) in [6.45, 7) is 1.71. The number of hydrogen-bond donors (Lipinski definition) is 1. The molecule has 248 valence electrons. The minimum Gasteiger partial charge on any atom is -0.492 e. The average molecular weight is 686 g/mol. The van der Waals surface area contributed by atoms with Gasteiger partial charge in [-0.25, -0.2) is 8.42 Å². The predicted molar refractivity (Wildman–Crippen MR) is 200 cm³/mol. The number of benzene rings is 5. The van der Waals surface area contributed by atoms with Crippen molar-refractivity contribution >= 4 is 32.5 Å². The molecule has 7 rings (SSSR count). The Balaban J connectivity index is 0.972. The van der Waals surface area contributed by atoms with Crippen LogP contribution in [-0.2, 0) is 21.8 Å². The van der Waals surface area contributed by atoms with Crippen molar-refractivity contribution in [3.63, 3.8) is 0 Å². The second-order valence-corrected chi connectivity index (χ2v) is 15.5. The summed E-state index contributed by atoms with van der Waals surface area (Å²) in [4.78, 5) is 7.17. The van der Waals surface area contributed by atoms with E-state index in [1.807, 2.05) is 36.0 Å². The summed E-state index contributed by atoms with van der Waals surface area (Å²) in [5.41, 5.74) is 5.18. The summed E-state index contributed by atoms with van der Waals surface area (Å²) in [6, 6.07) is 49.8. The normalized spacial score (nSPS) is 15.4. The van der Waals surface area contributed by atoms with Crippen LogP contribution in [0.4, 0.5) is 0 Å². The first kappa shape index (κ1) is 33.0. The molecule has 1 aliphatic heterocycles. The van der Waals surface area contributed by atoms with Gasteiger partial charge in [0.05, 0.1) is 16.0 Å². The summed E-state index contributed by atoms with van der Waals surface area (Å²) in [7, 11) is -3.54. The van der Waals surface area contributed by atoms with Gasteiger partial charge in [0.25, 0.3) is 0 Å². The summed E-state index contributed by atoms with van der Waals surface area (Å²) < 4.78 is 32.0. The van der Waals surface area contributed by atoms with Crippen LogP contribution in [0.15, 0.2) is 157 Å². The van der Waals surface area contributed by atoms with E-state index in [9.17, 15) is 8.42 Å². The van der Waals surface area contributed by atoms with E-state index in [-0.39, 0.29) is 10.8 Å². The second-order valence-electron chi connectivity index (χ2n) is 12.2. The standard InChI is InChI=1S/C41H39N3O3S2/c45-49(46,39-20-10-12-33-13-11-25-43-40(33)39)30-42-26-27-47-37-23-21-32(22-24-37)28-38-29-44(31-48-38)41(34-14-4-1-5-15-34,35-16-6-2-7-17-35)36-18-8-3-9-19-36/h1-25,38,42H,26-31H2. The molecule has 0 spiro atoms. The largest absolute Gasteiger partial charge is 0.492 e. The summed E-state index contributed by atoms with van der Waals surface area (Å²) in [5.74, 6) is 1.51. The number of hydrogen-bond acceptors (Lipinski definition) is 7. The third-order valence-electron chi connectivity index (χ3n) is 9.10. The van der Waals surface area contributed by atoms with Crippen molar-refractivity contribution in [1.82, 2.24) is 15.2 Å². The number of para-hydroxylation sites is 1. The fourth-order valence-electron chi connectivity index (χ4n) is 6.83. The lowest BCUT2D eigenvalue weighted by Crippen LogP contribution is -2.47. The molecular weight excluding hydrogens is 647 g/mol. The fourth-order valence-corrected chi connectivity index (χ4v) is 9.43. The number of thioether (sulfide) groups is 1. The third-order valence-corrected chi connectivity index (χ3v) is 11.9. The predicted octanol–water partition coefficient (Wildman–Crippen LogP) is 7.54. The van der Waals surface area contributed by atoms with Gasteiger partial charge in [-0.2, -0.15) is 0 Å². The van der Waals surface area contributed by atoms with E-state index in [0.29, 0.717) is 23.9 Å². The van der Waals surface area contributed by atoms with Gasteiger partial charge < -0.3 is 4.74 Å². The third kappa shape index (κ3) is 7.14. The van der Waals surface area contributed by atoms with Crippen molar-refractivity contribution in [2.75, 3.05) is 31.4 Å². The number of aromatic nitrogens is 1. The van der Waals surface area contributed by atoms with Gasteiger partial charge in [0, 0.05) is 35.8 Å². The highest BCUT2D eigenvalue weighted by Gasteiger charge is 2.45. The van der Waals surface area contributed by atoms with Gasteiger partial charge in [-0.05, 0) is 52.9 Å². The Hall–Kier alpha value is -4.47. The van der Waals surface area contributed by atoms with E-state index in [1.165, 1.54) is 22.3 Å². The Labute approximate surface area is 293 Å². The first-order valence-corrected chi connectivity index (χ1v) is 19.3. The van der Waals surface area contributed by atoms with Crippen LogP contribution in [-0.4, -0.2) is 55.0 Å². The monoisotopic (exact) mass is 685 g/mol. The molecule has 1 fully saturated rings. The molecule has 6 nitrogen and oxygen atoms in total. The van der Waals surface area contributed by atoms with Gasteiger partial charge in [0.15, 0.2) is 9.84 Å². The van der Waals surface area contributed by atoms with E-state index < -0.39 is 15.4 Å². The van der Waals surface area contributed by atoms with E-state index >= 15 is 0 Å².